The molecule has 0 unspecified atom stereocenters. The van der Waals surface area contributed by atoms with Crippen molar-refractivity contribution in [1.82, 2.24) is 0 Å². The van der Waals surface area contributed by atoms with E-state index in [1.165, 1.54) is 5.56 Å². The topological polar surface area (TPSA) is 9.23 Å². The monoisotopic (exact) mass is 270 g/mol. The summed E-state index contributed by atoms with van der Waals surface area (Å²) in [4.78, 5) is 0. The molecule has 86 valence electrons. The molecule has 1 aromatic carbocycles. The van der Waals surface area contributed by atoms with E-state index in [2.05, 4.69) is 26.3 Å². The minimum absolute atomic E-state index is 0. The summed E-state index contributed by atoms with van der Waals surface area (Å²) in [6.07, 6.45) is 4.16. The van der Waals surface area contributed by atoms with Gasteiger partial charge in [-0.2, -0.15) is 20.8 Å². The van der Waals surface area contributed by atoms with Gasteiger partial charge in [0.2, 0.25) is 0 Å². The van der Waals surface area contributed by atoms with Gasteiger partial charge in [-0.15, -0.1) is 5.92 Å². The van der Waals surface area contributed by atoms with E-state index in [4.69, 9.17) is 4.74 Å². The summed E-state index contributed by atoms with van der Waals surface area (Å²) in [6, 6.07) is 8.13. The van der Waals surface area contributed by atoms with Crippen molar-refractivity contribution in [1.29, 1.82) is 0 Å². The average Bonchev–Trinajstić information content (AvgIpc) is 2.29. The number of methoxy groups -OCH3 is 1. The SMILES string of the molecule is C[CH-]C.C[CH-][C@@H](C)c1ccccc1OC.[Zn+2]. The van der Waals surface area contributed by atoms with Gasteiger partial charge in [-0.05, 0) is 11.6 Å². The van der Waals surface area contributed by atoms with Gasteiger partial charge in [0.1, 0.15) is 5.75 Å². The number of rotatable bonds is 3. The van der Waals surface area contributed by atoms with E-state index in [1.54, 1.807) is 7.11 Å². The Bertz CT molecular complexity index is 261. The van der Waals surface area contributed by atoms with Crippen molar-refractivity contribution in [3.8, 4) is 5.75 Å². The van der Waals surface area contributed by atoms with Crippen molar-refractivity contribution in [2.45, 2.75) is 33.6 Å². The Morgan fingerprint density at radius 2 is 1.62 bits per heavy atom. The van der Waals surface area contributed by atoms with Crippen LogP contribution in [-0.2, 0) is 19.5 Å². The van der Waals surface area contributed by atoms with Crippen molar-refractivity contribution in [2.24, 2.45) is 0 Å². The fraction of sp³-hybridized carbons (Fsp3) is 0.429. The van der Waals surface area contributed by atoms with E-state index in [0.717, 1.165) is 5.75 Å². The van der Waals surface area contributed by atoms with Gasteiger partial charge in [-0.3, -0.25) is 0 Å². The van der Waals surface area contributed by atoms with Crippen LogP contribution in [0.5, 0.6) is 5.75 Å². The van der Waals surface area contributed by atoms with Crippen molar-refractivity contribution >= 4 is 0 Å². The van der Waals surface area contributed by atoms with E-state index in [0.29, 0.717) is 5.92 Å². The second-order valence-electron chi connectivity index (χ2n) is 3.44. The molecule has 0 bridgehead atoms. The molecule has 0 aromatic heterocycles. The number of ether oxygens (including phenoxy) is 1. The second-order valence-corrected chi connectivity index (χ2v) is 3.44. The zero-order valence-corrected chi connectivity index (χ0v) is 14.1. The Morgan fingerprint density at radius 3 is 2.06 bits per heavy atom. The molecule has 16 heavy (non-hydrogen) atoms. The molecule has 1 aromatic rings. The molecule has 0 fully saturated rings. The van der Waals surface area contributed by atoms with Gasteiger partial charge in [-0.25, -0.2) is 0 Å². The molecular formula is C14H22OZn. The Kier molecular flexibility index (Phi) is 12.5. The molecule has 0 radical (unpaired) electrons. The molecule has 0 amide bonds. The Balaban J connectivity index is 0. The summed E-state index contributed by atoms with van der Waals surface area (Å²) in [7, 11) is 1.71. The molecular weight excluding hydrogens is 250 g/mol. The van der Waals surface area contributed by atoms with E-state index < -0.39 is 0 Å². The maximum Gasteiger partial charge on any atom is 2.00 e. The summed E-state index contributed by atoms with van der Waals surface area (Å²) < 4.78 is 5.25. The first-order chi connectivity index (χ1) is 7.21. The van der Waals surface area contributed by atoms with Gasteiger partial charge in [0.15, 0.2) is 0 Å². The molecule has 0 spiro atoms. The van der Waals surface area contributed by atoms with Crippen LogP contribution >= 0.6 is 0 Å². The van der Waals surface area contributed by atoms with E-state index in [-0.39, 0.29) is 19.5 Å². The van der Waals surface area contributed by atoms with E-state index >= 15 is 0 Å². The third kappa shape index (κ3) is 6.27. The normalized spacial score (nSPS) is 10.6. The predicted molar refractivity (Wildman–Crippen MR) is 67.0 cm³/mol. The molecule has 0 aliphatic carbocycles. The van der Waals surface area contributed by atoms with Crippen LogP contribution in [0.1, 0.15) is 39.2 Å². The summed E-state index contributed by atoms with van der Waals surface area (Å²) in [5, 5.41) is 0. The predicted octanol–water partition coefficient (Wildman–Crippen LogP) is 4.25. The van der Waals surface area contributed by atoms with E-state index in [1.807, 2.05) is 38.5 Å². The molecule has 0 N–H and O–H groups in total. The maximum atomic E-state index is 5.25. The largest absolute Gasteiger partial charge is 2.00 e. The summed E-state index contributed by atoms with van der Waals surface area (Å²) >= 11 is 0. The molecule has 1 nitrogen and oxygen atoms in total. The molecule has 0 saturated carbocycles. The quantitative estimate of drug-likeness (QED) is 0.590. The van der Waals surface area contributed by atoms with Gasteiger partial charge < -0.3 is 17.6 Å². The van der Waals surface area contributed by atoms with Gasteiger partial charge in [-0.1, -0.05) is 25.1 Å². The fourth-order valence-corrected chi connectivity index (χ4v) is 1.22. The number of hydrogen-bond donors (Lipinski definition) is 0. The molecule has 0 saturated heterocycles. The number of hydrogen-bond acceptors (Lipinski definition) is 1. The molecule has 0 aliphatic rings. The van der Waals surface area contributed by atoms with Gasteiger partial charge >= 0.3 is 19.5 Å². The Labute approximate surface area is 113 Å². The maximum absolute atomic E-state index is 5.25. The zero-order valence-electron chi connectivity index (χ0n) is 11.2. The molecule has 1 atom stereocenters. The van der Waals surface area contributed by atoms with Crippen LogP contribution in [0, 0.1) is 12.8 Å². The smallest absolute Gasteiger partial charge is 0.497 e. The summed E-state index contributed by atoms with van der Waals surface area (Å²) in [6.45, 7) is 8.23. The number of para-hydroxylation sites is 1. The fourth-order valence-electron chi connectivity index (χ4n) is 1.22. The second kappa shape index (κ2) is 11.1. The van der Waals surface area contributed by atoms with Crippen molar-refractivity contribution in [3.63, 3.8) is 0 Å². The Morgan fingerprint density at radius 1 is 1.12 bits per heavy atom. The standard InChI is InChI=1S/C11H15O.C3H7.Zn/c1-4-9(2)10-7-5-6-8-11(10)12-3;1-3-2;/h4-9H,1-3H3;3H,1-2H3;/q2*-1;+2/t9-;;/m1../s1. The van der Waals surface area contributed by atoms with Gasteiger partial charge in [0, 0.05) is 0 Å². The average molecular weight is 272 g/mol. The van der Waals surface area contributed by atoms with Crippen LogP contribution < -0.4 is 4.74 Å². The first kappa shape index (κ1) is 18.0. The molecule has 0 aliphatic heterocycles. The first-order valence-corrected chi connectivity index (χ1v) is 5.37. The van der Waals surface area contributed by atoms with Crippen LogP contribution in [0.25, 0.3) is 0 Å². The van der Waals surface area contributed by atoms with Gasteiger partial charge in [0.05, 0.1) is 7.11 Å². The zero-order chi connectivity index (χ0) is 11.7. The third-order valence-corrected chi connectivity index (χ3v) is 2.13. The van der Waals surface area contributed by atoms with Crippen LogP contribution in [-0.4, -0.2) is 7.11 Å². The first-order valence-electron chi connectivity index (χ1n) is 5.37. The van der Waals surface area contributed by atoms with Crippen LogP contribution in [0.4, 0.5) is 0 Å². The van der Waals surface area contributed by atoms with Crippen LogP contribution in [0.3, 0.4) is 0 Å². The summed E-state index contributed by atoms with van der Waals surface area (Å²) in [5.41, 5.74) is 1.25. The molecule has 0 heterocycles. The van der Waals surface area contributed by atoms with Gasteiger partial charge in [0.25, 0.3) is 0 Å². The van der Waals surface area contributed by atoms with Crippen molar-refractivity contribution in [3.05, 3.63) is 42.7 Å². The Hall–Kier alpha value is -0.357. The molecule has 1 rings (SSSR count). The minimum Gasteiger partial charge on any atom is -0.497 e. The minimum atomic E-state index is 0. The van der Waals surface area contributed by atoms with E-state index in [9.17, 15) is 0 Å². The molecule has 2 heteroatoms. The van der Waals surface area contributed by atoms with Crippen molar-refractivity contribution in [2.75, 3.05) is 7.11 Å². The van der Waals surface area contributed by atoms with Crippen LogP contribution in [0.15, 0.2) is 24.3 Å². The third-order valence-electron chi connectivity index (χ3n) is 2.13. The number of benzene rings is 1. The summed E-state index contributed by atoms with van der Waals surface area (Å²) in [5.74, 6) is 1.43. The van der Waals surface area contributed by atoms with Crippen LogP contribution in [0.2, 0.25) is 0 Å². The van der Waals surface area contributed by atoms with Crippen molar-refractivity contribution < 1.29 is 24.2 Å².